The van der Waals surface area contributed by atoms with Gasteiger partial charge < -0.3 is 10.7 Å². The fourth-order valence-electron chi connectivity index (χ4n) is 1.84. The van der Waals surface area contributed by atoms with E-state index in [-0.39, 0.29) is 0 Å². The molecule has 0 aliphatic heterocycles. The van der Waals surface area contributed by atoms with Crippen molar-refractivity contribution in [3.8, 4) is 11.1 Å². The minimum absolute atomic E-state index is 0.465. The molecule has 6 heteroatoms. The predicted molar refractivity (Wildman–Crippen MR) is 64.1 cm³/mol. The lowest BCUT2D eigenvalue weighted by atomic mass is 10.1. The Morgan fingerprint density at radius 1 is 1.18 bits per heavy atom. The number of nitrogen functional groups attached to an aromatic ring is 1. The zero-order valence-corrected chi connectivity index (χ0v) is 9.18. The van der Waals surface area contributed by atoms with Crippen molar-refractivity contribution in [3.05, 3.63) is 30.7 Å². The van der Waals surface area contributed by atoms with E-state index in [0.29, 0.717) is 11.6 Å². The average molecular weight is 226 g/mol. The quantitative estimate of drug-likeness (QED) is 0.652. The fourth-order valence-corrected chi connectivity index (χ4v) is 1.84. The highest BCUT2D eigenvalue weighted by atomic mass is 15.0. The van der Waals surface area contributed by atoms with Crippen LogP contribution in [0.4, 0.5) is 5.82 Å². The van der Waals surface area contributed by atoms with Gasteiger partial charge in [-0.25, -0.2) is 19.9 Å². The molecule has 0 aliphatic rings. The summed E-state index contributed by atoms with van der Waals surface area (Å²) in [5.41, 5.74) is 8.46. The molecule has 84 valence electrons. The van der Waals surface area contributed by atoms with Gasteiger partial charge in [0.2, 0.25) is 0 Å². The van der Waals surface area contributed by atoms with Crippen LogP contribution in [0.3, 0.4) is 0 Å². The average Bonchev–Trinajstić information content (AvgIpc) is 2.74. The maximum atomic E-state index is 5.93. The van der Waals surface area contributed by atoms with Crippen LogP contribution in [-0.4, -0.2) is 24.9 Å². The first-order chi connectivity index (χ1) is 8.25. The molecule has 0 amide bonds. The minimum atomic E-state index is 0.465. The van der Waals surface area contributed by atoms with Gasteiger partial charge in [-0.05, 0) is 6.92 Å². The van der Waals surface area contributed by atoms with E-state index in [1.165, 1.54) is 6.33 Å². The Hall–Kier alpha value is -2.50. The number of rotatable bonds is 1. The smallest absolute Gasteiger partial charge is 0.143 e. The molecular weight excluding hydrogens is 216 g/mol. The molecule has 0 aromatic carbocycles. The van der Waals surface area contributed by atoms with E-state index >= 15 is 0 Å². The number of nitrogens with zero attached hydrogens (tertiary/aromatic N) is 4. The van der Waals surface area contributed by atoms with Crippen LogP contribution in [0.2, 0.25) is 0 Å². The van der Waals surface area contributed by atoms with Crippen LogP contribution in [0.1, 0.15) is 5.82 Å². The van der Waals surface area contributed by atoms with Crippen LogP contribution >= 0.6 is 0 Å². The third kappa shape index (κ3) is 1.50. The molecular formula is C11H10N6. The molecule has 3 aromatic rings. The second kappa shape index (κ2) is 3.51. The monoisotopic (exact) mass is 226 g/mol. The highest BCUT2D eigenvalue weighted by Gasteiger charge is 2.12. The van der Waals surface area contributed by atoms with Crippen molar-refractivity contribution in [1.82, 2.24) is 24.9 Å². The Kier molecular flexibility index (Phi) is 2.01. The third-order valence-electron chi connectivity index (χ3n) is 2.54. The molecule has 0 unspecified atom stereocenters. The van der Waals surface area contributed by atoms with Gasteiger partial charge in [-0.2, -0.15) is 0 Å². The number of nitrogens with two attached hydrogens (primary N) is 1. The molecule has 6 nitrogen and oxygen atoms in total. The zero-order chi connectivity index (χ0) is 11.8. The Morgan fingerprint density at radius 2 is 1.94 bits per heavy atom. The summed E-state index contributed by atoms with van der Waals surface area (Å²) in [5, 5.41) is 0.811. The van der Waals surface area contributed by atoms with E-state index in [0.717, 1.165) is 22.2 Å². The fraction of sp³-hybridized carbons (Fsp3) is 0.0909. The SMILES string of the molecule is Cc1nc(N)c2c(-c3cncnc3)c[nH]c2n1. The Balaban J connectivity index is 2.32. The van der Waals surface area contributed by atoms with Crippen LogP contribution < -0.4 is 5.73 Å². The number of fused-ring (bicyclic) bond motifs is 1. The first-order valence-corrected chi connectivity index (χ1v) is 5.12. The molecule has 17 heavy (non-hydrogen) atoms. The number of nitrogens with one attached hydrogen (secondary N) is 1. The standard InChI is InChI=1S/C11H10N6/c1-6-16-10(12)9-8(4-15-11(9)17-6)7-2-13-5-14-3-7/h2-5H,1H3,(H3,12,15,16,17). The maximum Gasteiger partial charge on any atom is 0.143 e. The van der Waals surface area contributed by atoms with Crippen LogP contribution in [0.15, 0.2) is 24.9 Å². The van der Waals surface area contributed by atoms with Gasteiger partial charge in [0.1, 0.15) is 23.6 Å². The first kappa shape index (κ1) is 9.71. The van der Waals surface area contributed by atoms with Gasteiger partial charge in [0.25, 0.3) is 0 Å². The molecule has 0 spiro atoms. The van der Waals surface area contributed by atoms with Crippen molar-refractivity contribution in [2.45, 2.75) is 6.92 Å². The largest absolute Gasteiger partial charge is 0.383 e. The van der Waals surface area contributed by atoms with Crippen molar-refractivity contribution < 1.29 is 0 Å². The van der Waals surface area contributed by atoms with Crippen molar-refractivity contribution in [1.29, 1.82) is 0 Å². The van der Waals surface area contributed by atoms with E-state index in [2.05, 4.69) is 24.9 Å². The topological polar surface area (TPSA) is 93.4 Å². The van der Waals surface area contributed by atoms with E-state index in [4.69, 9.17) is 5.73 Å². The Bertz CT molecular complexity index is 673. The van der Waals surface area contributed by atoms with Crippen molar-refractivity contribution in [3.63, 3.8) is 0 Å². The first-order valence-electron chi connectivity index (χ1n) is 5.12. The summed E-state index contributed by atoms with van der Waals surface area (Å²) in [6.45, 7) is 1.81. The molecule has 0 saturated heterocycles. The number of aromatic amines is 1. The lowest BCUT2D eigenvalue weighted by Crippen LogP contribution is -1.96. The van der Waals surface area contributed by atoms with Gasteiger partial charge >= 0.3 is 0 Å². The number of aryl methyl sites for hydroxylation is 1. The van der Waals surface area contributed by atoms with Gasteiger partial charge in [-0.1, -0.05) is 0 Å². The molecule has 0 aliphatic carbocycles. The van der Waals surface area contributed by atoms with Gasteiger partial charge in [-0.15, -0.1) is 0 Å². The number of hydrogen-bond acceptors (Lipinski definition) is 5. The third-order valence-corrected chi connectivity index (χ3v) is 2.54. The molecule has 0 saturated carbocycles. The van der Waals surface area contributed by atoms with Gasteiger partial charge in [-0.3, -0.25) is 0 Å². The summed E-state index contributed by atoms with van der Waals surface area (Å²) in [6.07, 6.45) is 6.79. The van der Waals surface area contributed by atoms with Gasteiger partial charge in [0.05, 0.1) is 5.39 Å². The number of hydrogen-bond donors (Lipinski definition) is 2. The molecule has 0 radical (unpaired) electrons. The molecule has 0 fully saturated rings. The normalized spacial score (nSPS) is 10.9. The number of anilines is 1. The van der Waals surface area contributed by atoms with Crippen molar-refractivity contribution >= 4 is 16.9 Å². The molecule has 3 heterocycles. The molecule has 0 atom stereocenters. The summed E-state index contributed by atoms with van der Waals surface area (Å²) < 4.78 is 0. The Labute approximate surface area is 97.0 Å². The summed E-state index contributed by atoms with van der Waals surface area (Å²) in [6, 6.07) is 0. The van der Waals surface area contributed by atoms with Crippen molar-refractivity contribution in [2.75, 3.05) is 5.73 Å². The van der Waals surface area contributed by atoms with Crippen LogP contribution in [0.5, 0.6) is 0 Å². The van der Waals surface area contributed by atoms with Crippen LogP contribution in [-0.2, 0) is 0 Å². The molecule has 3 rings (SSSR count). The van der Waals surface area contributed by atoms with E-state index < -0.39 is 0 Å². The van der Waals surface area contributed by atoms with E-state index in [1.807, 2.05) is 13.1 Å². The summed E-state index contributed by atoms with van der Waals surface area (Å²) in [4.78, 5) is 19.5. The lowest BCUT2D eigenvalue weighted by molar-refractivity contribution is 1.09. The van der Waals surface area contributed by atoms with Gasteiger partial charge in [0.15, 0.2) is 0 Å². The Morgan fingerprint density at radius 3 is 2.71 bits per heavy atom. The minimum Gasteiger partial charge on any atom is -0.383 e. The maximum absolute atomic E-state index is 5.93. The summed E-state index contributed by atoms with van der Waals surface area (Å²) >= 11 is 0. The number of aromatic nitrogens is 5. The highest BCUT2D eigenvalue weighted by molar-refractivity contribution is 5.99. The second-order valence-corrected chi connectivity index (χ2v) is 3.71. The molecule has 3 N–H and O–H groups in total. The number of H-pyrrole nitrogens is 1. The van der Waals surface area contributed by atoms with Gasteiger partial charge in [0, 0.05) is 29.7 Å². The molecule has 3 aromatic heterocycles. The van der Waals surface area contributed by atoms with E-state index in [1.54, 1.807) is 12.4 Å². The van der Waals surface area contributed by atoms with Crippen LogP contribution in [0, 0.1) is 6.92 Å². The predicted octanol–water partition coefficient (Wildman–Crippen LogP) is 1.31. The second-order valence-electron chi connectivity index (χ2n) is 3.71. The van der Waals surface area contributed by atoms with E-state index in [9.17, 15) is 0 Å². The van der Waals surface area contributed by atoms with Crippen molar-refractivity contribution in [2.24, 2.45) is 0 Å². The zero-order valence-electron chi connectivity index (χ0n) is 9.18. The lowest BCUT2D eigenvalue weighted by Gasteiger charge is -2.01. The summed E-state index contributed by atoms with van der Waals surface area (Å²) in [7, 11) is 0. The van der Waals surface area contributed by atoms with Crippen LogP contribution in [0.25, 0.3) is 22.2 Å². The highest BCUT2D eigenvalue weighted by Crippen LogP contribution is 2.29. The molecule has 0 bridgehead atoms. The summed E-state index contributed by atoms with van der Waals surface area (Å²) in [5.74, 6) is 1.11.